The molecule has 0 saturated carbocycles. The van der Waals surface area contributed by atoms with E-state index in [0.29, 0.717) is 6.54 Å². The lowest BCUT2D eigenvalue weighted by atomic mass is 9.99. The summed E-state index contributed by atoms with van der Waals surface area (Å²) in [4.78, 5) is 4.67. The van der Waals surface area contributed by atoms with Crippen molar-refractivity contribution in [1.29, 1.82) is 0 Å². The second kappa shape index (κ2) is 6.88. The number of hydrogen-bond donors (Lipinski definition) is 1. The van der Waals surface area contributed by atoms with E-state index in [1.54, 1.807) is 0 Å². The fourth-order valence-electron chi connectivity index (χ4n) is 3.51. The van der Waals surface area contributed by atoms with Crippen LogP contribution < -0.4 is 9.64 Å². The molecule has 2 aliphatic rings. The van der Waals surface area contributed by atoms with Crippen LogP contribution in [0.4, 0.5) is 5.69 Å². The standard InChI is InChI=1S/C18H28N2O2/c1-14-7-9-19(10-8-14)12-16(21)13-20-11-15(2)22-18-6-4-3-5-17(18)20/h3-6,14-16,21H,7-13H2,1-2H3/t15-,16+/m0/s1. The van der Waals surface area contributed by atoms with Gasteiger partial charge in [-0.2, -0.15) is 0 Å². The molecule has 1 N–H and O–H groups in total. The number of para-hydroxylation sites is 2. The molecule has 0 unspecified atom stereocenters. The van der Waals surface area contributed by atoms with Crippen molar-refractivity contribution in [1.82, 2.24) is 4.90 Å². The number of nitrogens with zero attached hydrogens (tertiary/aromatic N) is 2. The first-order chi connectivity index (χ1) is 10.6. The van der Waals surface area contributed by atoms with Crippen LogP contribution in [0.5, 0.6) is 5.75 Å². The summed E-state index contributed by atoms with van der Waals surface area (Å²) >= 11 is 0. The molecular formula is C18H28N2O2. The number of anilines is 1. The summed E-state index contributed by atoms with van der Waals surface area (Å²) in [6.45, 7) is 8.94. The summed E-state index contributed by atoms with van der Waals surface area (Å²) in [6.07, 6.45) is 2.36. The Balaban J connectivity index is 1.58. The average molecular weight is 304 g/mol. The van der Waals surface area contributed by atoms with Crippen LogP contribution in [0.3, 0.4) is 0 Å². The Labute approximate surface area is 133 Å². The van der Waals surface area contributed by atoms with Gasteiger partial charge >= 0.3 is 0 Å². The van der Waals surface area contributed by atoms with Crippen LogP contribution in [0.15, 0.2) is 24.3 Å². The number of likely N-dealkylation sites (tertiary alicyclic amines) is 1. The van der Waals surface area contributed by atoms with E-state index in [-0.39, 0.29) is 12.2 Å². The first kappa shape index (κ1) is 15.6. The molecule has 0 aromatic heterocycles. The van der Waals surface area contributed by atoms with E-state index >= 15 is 0 Å². The molecule has 0 radical (unpaired) electrons. The molecule has 1 fully saturated rings. The third kappa shape index (κ3) is 3.73. The summed E-state index contributed by atoms with van der Waals surface area (Å²) in [6, 6.07) is 8.12. The molecule has 2 atom stereocenters. The molecule has 2 aliphatic heterocycles. The number of aliphatic hydroxyl groups excluding tert-OH is 1. The predicted octanol–water partition coefficient (Wildman–Crippen LogP) is 2.37. The quantitative estimate of drug-likeness (QED) is 0.926. The number of ether oxygens (including phenoxy) is 1. The highest BCUT2D eigenvalue weighted by molar-refractivity contribution is 5.60. The van der Waals surface area contributed by atoms with Crippen molar-refractivity contribution < 1.29 is 9.84 Å². The molecule has 4 heteroatoms. The van der Waals surface area contributed by atoms with Gasteiger partial charge in [0, 0.05) is 13.1 Å². The van der Waals surface area contributed by atoms with E-state index in [1.165, 1.54) is 12.8 Å². The largest absolute Gasteiger partial charge is 0.487 e. The van der Waals surface area contributed by atoms with Gasteiger partial charge in [-0.15, -0.1) is 0 Å². The van der Waals surface area contributed by atoms with Crippen LogP contribution in [0, 0.1) is 5.92 Å². The van der Waals surface area contributed by atoms with E-state index < -0.39 is 0 Å². The SMILES string of the molecule is CC1CCN(C[C@@H](O)CN2C[C@H](C)Oc3ccccc32)CC1. The van der Waals surface area contributed by atoms with Crippen molar-refractivity contribution in [3.05, 3.63) is 24.3 Å². The Kier molecular flexibility index (Phi) is 4.89. The lowest BCUT2D eigenvalue weighted by Crippen LogP contribution is -2.46. The van der Waals surface area contributed by atoms with Gasteiger partial charge in [-0.3, -0.25) is 0 Å². The van der Waals surface area contributed by atoms with Crippen LogP contribution in [-0.2, 0) is 0 Å². The highest BCUT2D eigenvalue weighted by Gasteiger charge is 2.25. The molecule has 4 nitrogen and oxygen atoms in total. The maximum atomic E-state index is 10.5. The number of fused-ring (bicyclic) bond motifs is 1. The highest BCUT2D eigenvalue weighted by Crippen LogP contribution is 2.33. The van der Waals surface area contributed by atoms with Crippen LogP contribution >= 0.6 is 0 Å². The molecule has 1 saturated heterocycles. The van der Waals surface area contributed by atoms with Gasteiger partial charge in [-0.25, -0.2) is 0 Å². The number of rotatable bonds is 4. The van der Waals surface area contributed by atoms with Crippen molar-refractivity contribution in [3.63, 3.8) is 0 Å². The zero-order valence-electron chi connectivity index (χ0n) is 13.7. The zero-order chi connectivity index (χ0) is 15.5. The van der Waals surface area contributed by atoms with Gasteiger partial charge in [-0.1, -0.05) is 19.1 Å². The van der Waals surface area contributed by atoms with Crippen LogP contribution in [-0.4, -0.2) is 54.9 Å². The molecule has 22 heavy (non-hydrogen) atoms. The van der Waals surface area contributed by atoms with Gasteiger partial charge in [-0.05, 0) is 50.9 Å². The third-order valence-corrected chi connectivity index (χ3v) is 4.79. The summed E-state index contributed by atoms with van der Waals surface area (Å²) in [5.41, 5.74) is 1.10. The second-order valence-electron chi connectivity index (χ2n) is 6.94. The maximum Gasteiger partial charge on any atom is 0.143 e. The molecule has 0 spiro atoms. The van der Waals surface area contributed by atoms with Crippen LogP contribution in [0.2, 0.25) is 0 Å². The fourth-order valence-corrected chi connectivity index (χ4v) is 3.51. The number of benzene rings is 1. The molecule has 1 aromatic carbocycles. The van der Waals surface area contributed by atoms with E-state index in [9.17, 15) is 5.11 Å². The molecule has 0 amide bonds. The van der Waals surface area contributed by atoms with Gasteiger partial charge < -0.3 is 19.6 Å². The topological polar surface area (TPSA) is 35.9 Å². The van der Waals surface area contributed by atoms with E-state index in [4.69, 9.17) is 4.74 Å². The van der Waals surface area contributed by atoms with Gasteiger partial charge in [0.1, 0.15) is 11.9 Å². The summed E-state index contributed by atoms with van der Waals surface area (Å²) in [7, 11) is 0. The number of piperidine rings is 1. The Hall–Kier alpha value is -1.26. The minimum Gasteiger partial charge on any atom is -0.487 e. The Morgan fingerprint density at radius 3 is 2.68 bits per heavy atom. The molecule has 2 heterocycles. The zero-order valence-corrected chi connectivity index (χ0v) is 13.7. The fraction of sp³-hybridized carbons (Fsp3) is 0.667. The maximum absolute atomic E-state index is 10.5. The molecule has 0 bridgehead atoms. The molecular weight excluding hydrogens is 276 g/mol. The third-order valence-electron chi connectivity index (χ3n) is 4.79. The highest BCUT2D eigenvalue weighted by atomic mass is 16.5. The van der Waals surface area contributed by atoms with Crippen molar-refractivity contribution in [2.75, 3.05) is 37.6 Å². The van der Waals surface area contributed by atoms with Crippen molar-refractivity contribution in [2.45, 2.75) is 38.9 Å². The Morgan fingerprint density at radius 2 is 1.91 bits per heavy atom. The van der Waals surface area contributed by atoms with Crippen molar-refractivity contribution >= 4 is 5.69 Å². The minimum atomic E-state index is -0.313. The van der Waals surface area contributed by atoms with Crippen molar-refractivity contribution in [2.24, 2.45) is 5.92 Å². The van der Waals surface area contributed by atoms with Gasteiger partial charge in [0.05, 0.1) is 18.3 Å². The van der Waals surface area contributed by atoms with E-state index in [2.05, 4.69) is 29.7 Å². The normalized spacial score (nSPS) is 24.7. The molecule has 122 valence electrons. The predicted molar refractivity (Wildman–Crippen MR) is 89.6 cm³/mol. The average Bonchev–Trinajstić information content (AvgIpc) is 2.49. The first-order valence-electron chi connectivity index (χ1n) is 8.53. The number of hydrogen-bond acceptors (Lipinski definition) is 4. The van der Waals surface area contributed by atoms with E-state index in [1.807, 2.05) is 18.2 Å². The Bertz CT molecular complexity index is 486. The summed E-state index contributed by atoms with van der Waals surface area (Å²) < 4.78 is 5.87. The lowest BCUT2D eigenvalue weighted by Gasteiger charge is -2.37. The summed E-state index contributed by atoms with van der Waals surface area (Å²) in [5.74, 6) is 1.76. The van der Waals surface area contributed by atoms with Crippen molar-refractivity contribution in [3.8, 4) is 5.75 Å². The Morgan fingerprint density at radius 1 is 1.18 bits per heavy atom. The number of β-amino-alcohol motifs (C(OH)–C–C–N with tert-alkyl or cyclic N) is 1. The van der Waals surface area contributed by atoms with Gasteiger partial charge in [0.15, 0.2) is 0 Å². The van der Waals surface area contributed by atoms with E-state index in [0.717, 1.165) is 43.5 Å². The molecule has 1 aromatic rings. The number of aliphatic hydroxyl groups is 1. The summed E-state index contributed by atoms with van der Waals surface area (Å²) in [5, 5.41) is 10.5. The monoisotopic (exact) mass is 304 g/mol. The first-order valence-corrected chi connectivity index (χ1v) is 8.53. The van der Waals surface area contributed by atoms with Crippen LogP contribution in [0.25, 0.3) is 0 Å². The van der Waals surface area contributed by atoms with Gasteiger partial charge in [0.2, 0.25) is 0 Å². The van der Waals surface area contributed by atoms with Crippen LogP contribution in [0.1, 0.15) is 26.7 Å². The minimum absolute atomic E-state index is 0.165. The second-order valence-corrected chi connectivity index (χ2v) is 6.94. The molecule has 0 aliphatic carbocycles. The lowest BCUT2D eigenvalue weighted by molar-refractivity contribution is 0.0923. The van der Waals surface area contributed by atoms with Gasteiger partial charge in [0.25, 0.3) is 0 Å². The molecule has 3 rings (SSSR count). The smallest absolute Gasteiger partial charge is 0.143 e.